The van der Waals surface area contributed by atoms with Crippen LogP contribution in [0.25, 0.3) is 0 Å². The molecule has 108 valence electrons. The fourth-order valence-electron chi connectivity index (χ4n) is 1.51. The first-order valence-corrected chi connectivity index (χ1v) is 8.57. The molecule has 0 aliphatic rings. The number of hydrogen-bond donors (Lipinski definition) is 2. The molecule has 0 bridgehead atoms. The summed E-state index contributed by atoms with van der Waals surface area (Å²) in [6.45, 7) is 7.99. The molecule has 0 saturated carbocycles. The number of benzene rings is 1. The standard InChI is InChI=1S/C13H21BrN2O2S/c1-9(2)15-8-11(4)19(17,18)16-13-6-5-12(14)7-10(13)3/h5-7,9,11,15-16H,8H2,1-4H3. The Morgan fingerprint density at radius 3 is 2.42 bits per heavy atom. The molecule has 1 atom stereocenters. The highest BCUT2D eigenvalue weighted by Crippen LogP contribution is 2.21. The highest BCUT2D eigenvalue weighted by molar-refractivity contribution is 9.10. The number of rotatable bonds is 6. The second kappa shape index (κ2) is 6.72. The number of sulfonamides is 1. The third-order valence-corrected chi connectivity index (χ3v) is 5.01. The molecule has 19 heavy (non-hydrogen) atoms. The third-order valence-electron chi connectivity index (χ3n) is 2.78. The molecule has 0 aliphatic carbocycles. The maximum atomic E-state index is 12.2. The van der Waals surface area contributed by atoms with E-state index < -0.39 is 15.3 Å². The summed E-state index contributed by atoms with van der Waals surface area (Å²) in [5.74, 6) is 0. The van der Waals surface area contributed by atoms with Crippen molar-refractivity contribution in [1.29, 1.82) is 0 Å². The molecule has 6 heteroatoms. The molecular formula is C13H21BrN2O2S. The molecule has 0 spiro atoms. The van der Waals surface area contributed by atoms with E-state index in [0.29, 0.717) is 12.2 Å². The van der Waals surface area contributed by atoms with Crippen molar-refractivity contribution in [2.24, 2.45) is 0 Å². The van der Waals surface area contributed by atoms with Crippen LogP contribution in [0.15, 0.2) is 22.7 Å². The molecule has 0 amide bonds. The van der Waals surface area contributed by atoms with Gasteiger partial charge in [-0.25, -0.2) is 8.42 Å². The van der Waals surface area contributed by atoms with Crippen molar-refractivity contribution in [1.82, 2.24) is 5.32 Å². The number of hydrogen-bond acceptors (Lipinski definition) is 3. The molecule has 0 aromatic heterocycles. The lowest BCUT2D eigenvalue weighted by Crippen LogP contribution is -2.37. The molecular weight excluding hydrogens is 328 g/mol. The summed E-state index contributed by atoms with van der Waals surface area (Å²) in [6.07, 6.45) is 0. The van der Waals surface area contributed by atoms with Gasteiger partial charge in [0.05, 0.1) is 10.9 Å². The van der Waals surface area contributed by atoms with Crippen LogP contribution in [0.3, 0.4) is 0 Å². The third kappa shape index (κ3) is 5.12. The molecule has 1 unspecified atom stereocenters. The lowest BCUT2D eigenvalue weighted by molar-refractivity contribution is 0.553. The van der Waals surface area contributed by atoms with Crippen molar-refractivity contribution < 1.29 is 8.42 Å². The van der Waals surface area contributed by atoms with Gasteiger partial charge in [0.25, 0.3) is 0 Å². The van der Waals surface area contributed by atoms with E-state index in [1.165, 1.54) is 0 Å². The highest BCUT2D eigenvalue weighted by atomic mass is 79.9. The van der Waals surface area contributed by atoms with Gasteiger partial charge in [0.2, 0.25) is 10.0 Å². The predicted molar refractivity (Wildman–Crippen MR) is 84.0 cm³/mol. The molecule has 0 saturated heterocycles. The first kappa shape index (κ1) is 16.5. The smallest absolute Gasteiger partial charge is 0.236 e. The minimum atomic E-state index is -3.37. The Kier molecular flexibility index (Phi) is 5.82. The van der Waals surface area contributed by atoms with E-state index in [-0.39, 0.29) is 6.04 Å². The molecule has 1 rings (SSSR count). The fourth-order valence-corrected chi connectivity index (χ4v) is 3.03. The normalized spacial score (nSPS) is 13.6. The van der Waals surface area contributed by atoms with E-state index in [0.717, 1.165) is 10.0 Å². The Labute approximate surface area is 124 Å². The van der Waals surface area contributed by atoms with Crippen LogP contribution >= 0.6 is 15.9 Å². The first-order valence-electron chi connectivity index (χ1n) is 6.23. The largest absolute Gasteiger partial charge is 0.313 e. The summed E-state index contributed by atoms with van der Waals surface area (Å²) >= 11 is 3.36. The molecule has 0 aliphatic heterocycles. The molecule has 4 nitrogen and oxygen atoms in total. The number of anilines is 1. The minimum absolute atomic E-state index is 0.270. The lowest BCUT2D eigenvalue weighted by Gasteiger charge is -2.18. The second-order valence-corrected chi connectivity index (χ2v) is 7.99. The van der Waals surface area contributed by atoms with Gasteiger partial charge in [-0.05, 0) is 37.6 Å². The van der Waals surface area contributed by atoms with E-state index in [2.05, 4.69) is 26.0 Å². The fraction of sp³-hybridized carbons (Fsp3) is 0.538. The van der Waals surface area contributed by atoms with Gasteiger partial charge >= 0.3 is 0 Å². The zero-order valence-electron chi connectivity index (χ0n) is 11.7. The van der Waals surface area contributed by atoms with Gasteiger partial charge in [-0.3, -0.25) is 4.72 Å². The van der Waals surface area contributed by atoms with Crippen LogP contribution in [0.4, 0.5) is 5.69 Å². The lowest BCUT2D eigenvalue weighted by atomic mass is 10.2. The van der Waals surface area contributed by atoms with Crippen molar-refractivity contribution in [2.45, 2.75) is 39.0 Å². The topological polar surface area (TPSA) is 58.2 Å². The van der Waals surface area contributed by atoms with Crippen LogP contribution in [-0.2, 0) is 10.0 Å². The van der Waals surface area contributed by atoms with Gasteiger partial charge in [-0.15, -0.1) is 0 Å². The van der Waals surface area contributed by atoms with Crippen molar-refractivity contribution >= 4 is 31.6 Å². The van der Waals surface area contributed by atoms with Crippen molar-refractivity contribution in [3.63, 3.8) is 0 Å². The zero-order chi connectivity index (χ0) is 14.6. The van der Waals surface area contributed by atoms with Gasteiger partial charge in [-0.1, -0.05) is 29.8 Å². The van der Waals surface area contributed by atoms with E-state index >= 15 is 0 Å². The maximum absolute atomic E-state index is 12.2. The Morgan fingerprint density at radius 1 is 1.26 bits per heavy atom. The Balaban J connectivity index is 2.78. The van der Waals surface area contributed by atoms with Gasteiger partial charge < -0.3 is 5.32 Å². The number of aryl methyl sites for hydroxylation is 1. The monoisotopic (exact) mass is 348 g/mol. The quantitative estimate of drug-likeness (QED) is 0.830. The summed E-state index contributed by atoms with van der Waals surface area (Å²) in [5, 5.41) is 2.65. The van der Waals surface area contributed by atoms with Crippen LogP contribution in [0.2, 0.25) is 0 Å². The number of nitrogens with one attached hydrogen (secondary N) is 2. The molecule has 1 aromatic rings. The van der Waals surface area contributed by atoms with Gasteiger partial charge in [-0.2, -0.15) is 0 Å². The molecule has 0 radical (unpaired) electrons. The van der Waals surface area contributed by atoms with Crippen molar-refractivity contribution in [3.05, 3.63) is 28.2 Å². The summed E-state index contributed by atoms with van der Waals surface area (Å²) in [4.78, 5) is 0. The van der Waals surface area contributed by atoms with Crippen molar-refractivity contribution in [3.8, 4) is 0 Å². The maximum Gasteiger partial charge on any atom is 0.236 e. The van der Waals surface area contributed by atoms with Gasteiger partial charge in [0.1, 0.15) is 0 Å². The Morgan fingerprint density at radius 2 is 1.89 bits per heavy atom. The average molecular weight is 349 g/mol. The van der Waals surface area contributed by atoms with E-state index in [9.17, 15) is 8.42 Å². The summed E-state index contributed by atoms with van der Waals surface area (Å²) in [5.41, 5.74) is 1.52. The van der Waals surface area contributed by atoms with Crippen LogP contribution in [0, 0.1) is 6.92 Å². The Bertz CT molecular complexity index is 529. The predicted octanol–water partition coefficient (Wildman–Crippen LogP) is 2.89. The summed E-state index contributed by atoms with van der Waals surface area (Å²) in [6, 6.07) is 5.74. The van der Waals surface area contributed by atoms with Crippen LogP contribution in [0.1, 0.15) is 26.3 Å². The molecule has 2 N–H and O–H groups in total. The Hall–Kier alpha value is -0.590. The highest BCUT2D eigenvalue weighted by Gasteiger charge is 2.21. The van der Waals surface area contributed by atoms with E-state index in [1.54, 1.807) is 13.0 Å². The average Bonchev–Trinajstić information content (AvgIpc) is 2.29. The summed E-state index contributed by atoms with van der Waals surface area (Å²) < 4.78 is 28.0. The van der Waals surface area contributed by atoms with Gasteiger partial charge in [0.15, 0.2) is 0 Å². The van der Waals surface area contributed by atoms with E-state index in [4.69, 9.17) is 0 Å². The van der Waals surface area contributed by atoms with E-state index in [1.807, 2.05) is 32.9 Å². The minimum Gasteiger partial charge on any atom is -0.313 e. The molecule has 0 fully saturated rings. The first-order chi connectivity index (χ1) is 8.72. The SMILES string of the molecule is Cc1cc(Br)ccc1NS(=O)(=O)C(C)CNC(C)C. The van der Waals surface area contributed by atoms with Crippen LogP contribution in [0.5, 0.6) is 0 Å². The van der Waals surface area contributed by atoms with Gasteiger partial charge in [0, 0.05) is 17.1 Å². The molecule has 0 heterocycles. The second-order valence-electron chi connectivity index (χ2n) is 4.98. The zero-order valence-corrected chi connectivity index (χ0v) is 14.1. The molecule has 1 aromatic carbocycles. The summed E-state index contributed by atoms with van der Waals surface area (Å²) in [7, 11) is -3.37. The van der Waals surface area contributed by atoms with Crippen LogP contribution in [-0.4, -0.2) is 26.3 Å². The van der Waals surface area contributed by atoms with Crippen LogP contribution < -0.4 is 10.0 Å². The number of halogens is 1. The van der Waals surface area contributed by atoms with Crippen molar-refractivity contribution in [2.75, 3.05) is 11.3 Å².